The second-order valence-corrected chi connectivity index (χ2v) is 5.22. The van der Waals surface area contributed by atoms with Crippen molar-refractivity contribution in [2.45, 2.75) is 12.6 Å². The minimum absolute atomic E-state index is 0.324. The molecule has 23 heavy (non-hydrogen) atoms. The van der Waals surface area contributed by atoms with Gasteiger partial charge in [-0.05, 0) is 23.8 Å². The lowest BCUT2D eigenvalue weighted by Gasteiger charge is -2.11. The highest BCUT2D eigenvalue weighted by Crippen LogP contribution is 2.31. The highest BCUT2D eigenvalue weighted by atomic mass is 19.4. The first-order valence-corrected chi connectivity index (χ1v) is 7.06. The van der Waals surface area contributed by atoms with E-state index in [-0.39, 0.29) is 0 Å². The van der Waals surface area contributed by atoms with E-state index in [0.717, 1.165) is 28.6 Å². The van der Waals surface area contributed by atoms with Gasteiger partial charge in [0.05, 0.1) is 18.2 Å². The Morgan fingerprint density at radius 1 is 1.00 bits per heavy atom. The molecule has 0 atom stereocenters. The van der Waals surface area contributed by atoms with Gasteiger partial charge in [-0.2, -0.15) is 13.2 Å². The first-order valence-electron chi connectivity index (χ1n) is 7.06. The molecule has 0 saturated heterocycles. The van der Waals surface area contributed by atoms with Crippen LogP contribution in [-0.4, -0.2) is 12.1 Å². The van der Waals surface area contributed by atoms with E-state index in [4.69, 9.17) is 4.74 Å². The number of fused-ring (bicyclic) bond motifs is 1. The second kappa shape index (κ2) is 5.91. The number of ether oxygens (including phenoxy) is 1. The molecule has 0 aliphatic rings. The Morgan fingerprint density at radius 3 is 2.52 bits per heavy atom. The molecule has 0 saturated carbocycles. The van der Waals surface area contributed by atoms with Crippen molar-refractivity contribution in [2.24, 2.45) is 0 Å². The maximum absolute atomic E-state index is 12.8. The largest absolute Gasteiger partial charge is 0.481 e. The first kappa shape index (κ1) is 15.3. The summed E-state index contributed by atoms with van der Waals surface area (Å²) in [6, 6.07) is 14.8. The van der Waals surface area contributed by atoms with Crippen LogP contribution in [0.15, 0.2) is 54.6 Å². The van der Waals surface area contributed by atoms with Gasteiger partial charge in [0.1, 0.15) is 0 Å². The number of para-hydroxylation sites is 1. The summed E-state index contributed by atoms with van der Waals surface area (Å²) in [5.74, 6) is 0.432. The maximum atomic E-state index is 12.8. The maximum Gasteiger partial charge on any atom is 0.416 e. The van der Waals surface area contributed by atoms with E-state index in [9.17, 15) is 13.2 Å². The lowest BCUT2D eigenvalue weighted by molar-refractivity contribution is -0.137. The van der Waals surface area contributed by atoms with Crippen molar-refractivity contribution in [2.75, 3.05) is 7.11 Å². The molecule has 0 aliphatic heterocycles. The predicted molar refractivity (Wildman–Crippen MR) is 82.5 cm³/mol. The first-order chi connectivity index (χ1) is 11.0. The number of hydrogen-bond acceptors (Lipinski definition) is 2. The van der Waals surface area contributed by atoms with Crippen LogP contribution in [0.5, 0.6) is 5.88 Å². The molecule has 0 aliphatic carbocycles. The third kappa shape index (κ3) is 3.28. The Bertz CT molecular complexity index is 843. The summed E-state index contributed by atoms with van der Waals surface area (Å²) in [4.78, 5) is 4.42. The average Bonchev–Trinajstić information content (AvgIpc) is 2.53. The number of aromatic nitrogens is 1. The Morgan fingerprint density at radius 2 is 1.78 bits per heavy atom. The SMILES string of the molecule is COc1nc2ccccc2cc1Cc1cccc(C(F)(F)F)c1. The van der Waals surface area contributed by atoms with E-state index in [1.54, 1.807) is 6.07 Å². The fraction of sp³-hybridized carbons (Fsp3) is 0.167. The molecular formula is C18H14F3NO. The van der Waals surface area contributed by atoms with Crippen LogP contribution < -0.4 is 4.74 Å². The van der Waals surface area contributed by atoms with Gasteiger partial charge in [0.15, 0.2) is 0 Å². The highest BCUT2D eigenvalue weighted by molar-refractivity contribution is 5.80. The molecule has 5 heteroatoms. The van der Waals surface area contributed by atoms with E-state index in [0.29, 0.717) is 17.9 Å². The number of rotatable bonds is 3. The van der Waals surface area contributed by atoms with E-state index >= 15 is 0 Å². The average molecular weight is 317 g/mol. The molecule has 0 bridgehead atoms. The van der Waals surface area contributed by atoms with Gasteiger partial charge < -0.3 is 4.74 Å². The van der Waals surface area contributed by atoms with Gasteiger partial charge in [0.2, 0.25) is 5.88 Å². The summed E-state index contributed by atoms with van der Waals surface area (Å²) in [5, 5.41) is 0.926. The van der Waals surface area contributed by atoms with Crippen LogP contribution in [0.1, 0.15) is 16.7 Å². The molecule has 0 fully saturated rings. The van der Waals surface area contributed by atoms with Crippen LogP contribution in [0, 0.1) is 0 Å². The zero-order valence-corrected chi connectivity index (χ0v) is 12.4. The number of nitrogens with zero attached hydrogens (tertiary/aromatic N) is 1. The third-order valence-corrected chi connectivity index (χ3v) is 3.61. The van der Waals surface area contributed by atoms with Gasteiger partial charge in [-0.25, -0.2) is 4.98 Å². The minimum Gasteiger partial charge on any atom is -0.481 e. The van der Waals surface area contributed by atoms with Crippen LogP contribution in [0.2, 0.25) is 0 Å². The van der Waals surface area contributed by atoms with Crippen molar-refractivity contribution in [1.29, 1.82) is 0 Å². The van der Waals surface area contributed by atoms with Crippen molar-refractivity contribution >= 4 is 10.9 Å². The summed E-state index contributed by atoms with van der Waals surface area (Å²) in [5.41, 5.74) is 1.46. The van der Waals surface area contributed by atoms with E-state index in [1.165, 1.54) is 13.2 Å². The quantitative estimate of drug-likeness (QED) is 0.689. The Hall–Kier alpha value is -2.56. The molecule has 0 unspecified atom stereocenters. The van der Waals surface area contributed by atoms with Crippen LogP contribution in [0.25, 0.3) is 10.9 Å². The molecule has 0 spiro atoms. The van der Waals surface area contributed by atoms with E-state index < -0.39 is 11.7 Å². The molecular weight excluding hydrogens is 303 g/mol. The summed E-state index contributed by atoms with van der Waals surface area (Å²) in [6.07, 6.45) is -4.02. The molecule has 1 heterocycles. The zero-order valence-electron chi connectivity index (χ0n) is 12.4. The topological polar surface area (TPSA) is 22.1 Å². The van der Waals surface area contributed by atoms with Crippen molar-refractivity contribution in [1.82, 2.24) is 4.98 Å². The van der Waals surface area contributed by atoms with Crippen molar-refractivity contribution in [3.63, 3.8) is 0 Å². The fourth-order valence-corrected chi connectivity index (χ4v) is 2.52. The fourth-order valence-electron chi connectivity index (χ4n) is 2.52. The number of pyridine rings is 1. The van der Waals surface area contributed by atoms with Gasteiger partial charge in [-0.15, -0.1) is 0 Å². The van der Waals surface area contributed by atoms with Crippen LogP contribution in [-0.2, 0) is 12.6 Å². The molecule has 1 aromatic heterocycles. The normalized spacial score (nSPS) is 11.7. The Kier molecular flexibility index (Phi) is 3.94. The number of alkyl halides is 3. The Balaban J connectivity index is 2.01. The molecule has 2 nitrogen and oxygen atoms in total. The smallest absolute Gasteiger partial charge is 0.416 e. The van der Waals surface area contributed by atoms with Gasteiger partial charge in [-0.1, -0.05) is 36.4 Å². The summed E-state index contributed by atoms with van der Waals surface area (Å²) in [7, 11) is 1.51. The zero-order chi connectivity index (χ0) is 16.4. The van der Waals surface area contributed by atoms with Gasteiger partial charge in [0.25, 0.3) is 0 Å². The summed E-state index contributed by atoms with van der Waals surface area (Å²) < 4.78 is 43.8. The van der Waals surface area contributed by atoms with Gasteiger partial charge >= 0.3 is 6.18 Å². The highest BCUT2D eigenvalue weighted by Gasteiger charge is 2.30. The molecule has 0 radical (unpaired) electrons. The summed E-state index contributed by atoms with van der Waals surface area (Å²) >= 11 is 0. The van der Waals surface area contributed by atoms with E-state index in [2.05, 4.69) is 4.98 Å². The number of halogens is 3. The van der Waals surface area contributed by atoms with Crippen LogP contribution in [0.4, 0.5) is 13.2 Å². The monoisotopic (exact) mass is 317 g/mol. The number of methoxy groups -OCH3 is 1. The number of hydrogen-bond donors (Lipinski definition) is 0. The molecule has 3 rings (SSSR count). The third-order valence-electron chi connectivity index (χ3n) is 3.61. The number of benzene rings is 2. The Labute approximate surface area is 131 Å². The lowest BCUT2D eigenvalue weighted by atomic mass is 10.0. The van der Waals surface area contributed by atoms with Gasteiger partial charge in [0, 0.05) is 17.4 Å². The standard InChI is InChI=1S/C18H14F3NO/c1-23-17-14(11-13-6-2-3-8-16(13)22-17)9-12-5-4-7-15(10-12)18(19,20)21/h2-8,10-11H,9H2,1H3. The lowest BCUT2D eigenvalue weighted by Crippen LogP contribution is -2.05. The van der Waals surface area contributed by atoms with Crippen molar-refractivity contribution < 1.29 is 17.9 Å². The van der Waals surface area contributed by atoms with Crippen molar-refractivity contribution in [3.8, 4) is 5.88 Å². The van der Waals surface area contributed by atoms with Crippen molar-refractivity contribution in [3.05, 3.63) is 71.3 Å². The minimum atomic E-state index is -4.35. The molecule has 2 aromatic carbocycles. The van der Waals surface area contributed by atoms with Crippen LogP contribution in [0.3, 0.4) is 0 Å². The summed E-state index contributed by atoms with van der Waals surface area (Å²) in [6.45, 7) is 0. The van der Waals surface area contributed by atoms with E-state index in [1.807, 2.05) is 30.3 Å². The van der Waals surface area contributed by atoms with Crippen LogP contribution >= 0.6 is 0 Å². The molecule has 0 amide bonds. The molecule has 118 valence electrons. The predicted octanol–water partition coefficient (Wildman–Crippen LogP) is 4.85. The molecule has 0 N–H and O–H groups in total. The van der Waals surface area contributed by atoms with Gasteiger partial charge in [-0.3, -0.25) is 0 Å². The molecule has 3 aromatic rings. The second-order valence-electron chi connectivity index (χ2n) is 5.22.